The summed E-state index contributed by atoms with van der Waals surface area (Å²) in [7, 11) is -3.84. The number of sulfonamides is 1. The molecule has 8 heteroatoms. The molecule has 2 N–H and O–H groups in total. The molecule has 0 atom stereocenters. The molecule has 1 heterocycles. The van der Waals surface area contributed by atoms with Crippen molar-refractivity contribution in [3.63, 3.8) is 0 Å². The van der Waals surface area contributed by atoms with Crippen LogP contribution in [0.1, 0.15) is 15.9 Å². The minimum atomic E-state index is -3.84. The van der Waals surface area contributed by atoms with Crippen LogP contribution < -0.4 is 19.5 Å². The summed E-state index contributed by atoms with van der Waals surface area (Å²) in [6.07, 6.45) is 0. The SMILES string of the molecule is Cc1ccccc1NS(=O)(=O)c1cccc(C(=O)Nc2ccc3c(c2)OCCO3)c1. The van der Waals surface area contributed by atoms with E-state index in [1.54, 1.807) is 36.4 Å². The van der Waals surface area contributed by atoms with E-state index in [1.807, 2.05) is 19.1 Å². The van der Waals surface area contributed by atoms with Crippen LogP contribution in [-0.2, 0) is 10.0 Å². The number of anilines is 2. The number of carbonyl (C=O) groups excluding carboxylic acids is 1. The predicted octanol–water partition coefficient (Wildman–Crippen LogP) is 3.82. The second-order valence-electron chi connectivity index (χ2n) is 6.76. The first kappa shape index (κ1) is 19.8. The Kier molecular flexibility index (Phi) is 5.33. The lowest BCUT2D eigenvalue weighted by Crippen LogP contribution is -2.17. The lowest BCUT2D eigenvalue weighted by Gasteiger charge is -2.19. The fourth-order valence-corrected chi connectivity index (χ4v) is 4.20. The van der Waals surface area contributed by atoms with E-state index in [1.165, 1.54) is 18.2 Å². The molecule has 154 valence electrons. The molecule has 1 aliphatic rings. The van der Waals surface area contributed by atoms with Crippen molar-refractivity contribution in [2.75, 3.05) is 23.3 Å². The summed E-state index contributed by atoms with van der Waals surface area (Å²) in [6, 6.07) is 18.1. The normalized spacial score (nSPS) is 12.8. The summed E-state index contributed by atoms with van der Waals surface area (Å²) < 4.78 is 39.1. The Labute approximate surface area is 174 Å². The summed E-state index contributed by atoms with van der Waals surface area (Å²) >= 11 is 0. The maximum Gasteiger partial charge on any atom is 0.261 e. The average molecular weight is 424 g/mol. The van der Waals surface area contributed by atoms with Crippen molar-refractivity contribution in [2.45, 2.75) is 11.8 Å². The summed E-state index contributed by atoms with van der Waals surface area (Å²) in [4.78, 5) is 12.7. The molecule has 4 rings (SSSR count). The third-order valence-corrected chi connectivity index (χ3v) is 5.96. The van der Waals surface area contributed by atoms with Crippen molar-refractivity contribution < 1.29 is 22.7 Å². The molecule has 1 amide bonds. The Balaban J connectivity index is 1.54. The number of hydrogen-bond acceptors (Lipinski definition) is 5. The van der Waals surface area contributed by atoms with Crippen LogP contribution in [0, 0.1) is 6.92 Å². The number of para-hydroxylation sites is 1. The standard InChI is InChI=1S/C22H20N2O5S/c1-15-5-2-3-8-19(15)24-30(26,27)18-7-4-6-16(13-18)22(25)23-17-9-10-20-21(14-17)29-12-11-28-20/h2-10,13-14,24H,11-12H2,1H3,(H,23,25). The summed E-state index contributed by atoms with van der Waals surface area (Å²) in [6.45, 7) is 2.74. The fraction of sp³-hybridized carbons (Fsp3) is 0.136. The molecule has 0 unspecified atom stereocenters. The van der Waals surface area contributed by atoms with Gasteiger partial charge in [0.05, 0.1) is 10.6 Å². The zero-order valence-corrected chi connectivity index (χ0v) is 17.0. The first-order valence-electron chi connectivity index (χ1n) is 9.32. The van der Waals surface area contributed by atoms with Gasteiger partial charge < -0.3 is 14.8 Å². The van der Waals surface area contributed by atoms with E-state index in [0.717, 1.165) is 5.56 Å². The van der Waals surface area contributed by atoms with Crippen LogP contribution in [0.3, 0.4) is 0 Å². The highest BCUT2D eigenvalue weighted by molar-refractivity contribution is 7.92. The number of benzene rings is 3. The molecule has 0 fully saturated rings. The van der Waals surface area contributed by atoms with Crippen molar-refractivity contribution in [3.05, 3.63) is 77.9 Å². The van der Waals surface area contributed by atoms with Crippen LogP contribution in [0.5, 0.6) is 11.5 Å². The Bertz CT molecular complexity index is 1210. The molecule has 0 radical (unpaired) electrons. The third-order valence-electron chi connectivity index (χ3n) is 4.60. The highest BCUT2D eigenvalue weighted by Gasteiger charge is 2.18. The number of carbonyl (C=O) groups is 1. The number of fused-ring (bicyclic) bond motifs is 1. The Morgan fingerprint density at radius 1 is 0.900 bits per heavy atom. The summed E-state index contributed by atoms with van der Waals surface area (Å²) in [5, 5.41) is 2.76. The zero-order chi connectivity index (χ0) is 21.1. The molecule has 3 aromatic rings. The lowest BCUT2D eigenvalue weighted by molar-refractivity contribution is 0.102. The van der Waals surface area contributed by atoms with Crippen molar-refractivity contribution >= 4 is 27.3 Å². The second kappa shape index (κ2) is 8.08. The summed E-state index contributed by atoms with van der Waals surface area (Å²) in [5.41, 5.74) is 2.03. The molecular weight excluding hydrogens is 404 g/mol. The molecule has 30 heavy (non-hydrogen) atoms. The lowest BCUT2D eigenvalue weighted by atomic mass is 10.2. The van der Waals surface area contributed by atoms with Gasteiger partial charge in [-0.05, 0) is 48.9 Å². The highest BCUT2D eigenvalue weighted by atomic mass is 32.2. The first-order chi connectivity index (χ1) is 14.4. The molecular formula is C22H20N2O5S. The van der Waals surface area contributed by atoms with E-state index in [0.29, 0.717) is 36.1 Å². The molecule has 0 aromatic heterocycles. The molecule has 0 saturated carbocycles. The largest absolute Gasteiger partial charge is 0.486 e. The number of aryl methyl sites for hydroxylation is 1. The molecule has 0 saturated heterocycles. The number of rotatable bonds is 5. The Morgan fingerprint density at radius 2 is 1.67 bits per heavy atom. The van der Waals surface area contributed by atoms with Gasteiger partial charge in [-0.3, -0.25) is 9.52 Å². The smallest absolute Gasteiger partial charge is 0.261 e. The van der Waals surface area contributed by atoms with Gasteiger partial charge in [-0.25, -0.2) is 8.42 Å². The van der Waals surface area contributed by atoms with Gasteiger partial charge in [-0.2, -0.15) is 0 Å². The highest BCUT2D eigenvalue weighted by Crippen LogP contribution is 2.32. The van der Waals surface area contributed by atoms with Crippen molar-refractivity contribution in [1.82, 2.24) is 0 Å². The van der Waals surface area contributed by atoms with Gasteiger partial charge >= 0.3 is 0 Å². The zero-order valence-electron chi connectivity index (χ0n) is 16.2. The van der Waals surface area contributed by atoms with Crippen LogP contribution in [-0.4, -0.2) is 27.5 Å². The van der Waals surface area contributed by atoms with E-state index in [9.17, 15) is 13.2 Å². The van der Waals surface area contributed by atoms with Crippen LogP contribution in [0.2, 0.25) is 0 Å². The number of ether oxygens (including phenoxy) is 2. The van der Waals surface area contributed by atoms with Gasteiger partial charge in [0.1, 0.15) is 13.2 Å². The van der Waals surface area contributed by atoms with Gasteiger partial charge in [0.2, 0.25) is 0 Å². The summed E-state index contributed by atoms with van der Waals surface area (Å²) in [5.74, 6) is 0.743. The number of nitrogens with one attached hydrogen (secondary N) is 2. The van der Waals surface area contributed by atoms with Gasteiger partial charge in [0.15, 0.2) is 11.5 Å². The van der Waals surface area contributed by atoms with Crippen LogP contribution in [0.25, 0.3) is 0 Å². The maximum absolute atomic E-state index is 12.8. The first-order valence-corrected chi connectivity index (χ1v) is 10.8. The quantitative estimate of drug-likeness (QED) is 0.649. The second-order valence-corrected chi connectivity index (χ2v) is 8.44. The molecule has 7 nitrogen and oxygen atoms in total. The van der Waals surface area contributed by atoms with Crippen LogP contribution in [0.4, 0.5) is 11.4 Å². The number of amides is 1. The van der Waals surface area contributed by atoms with E-state index in [-0.39, 0.29) is 10.5 Å². The Morgan fingerprint density at radius 3 is 2.47 bits per heavy atom. The van der Waals surface area contributed by atoms with E-state index in [4.69, 9.17) is 9.47 Å². The Hall–Kier alpha value is -3.52. The van der Waals surface area contributed by atoms with Crippen molar-refractivity contribution in [3.8, 4) is 11.5 Å². The minimum Gasteiger partial charge on any atom is -0.486 e. The van der Waals surface area contributed by atoms with Gasteiger partial charge in [-0.1, -0.05) is 24.3 Å². The average Bonchev–Trinajstić information content (AvgIpc) is 2.75. The van der Waals surface area contributed by atoms with Crippen molar-refractivity contribution in [2.24, 2.45) is 0 Å². The maximum atomic E-state index is 12.8. The molecule has 3 aromatic carbocycles. The van der Waals surface area contributed by atoms with Gasteiger partial charge in [0, 0.05) is 17.3 Å². The number of hydrogen-bond donors (Lipinski definition) is 2. The van der Waals surface area contributed by atoms with Crippen LogP contribution >= 0.6 is 0 Å². The molecule has 0 spiro atoms. The van der Waals surface area contributed by atoms with Gasteiger partial charge in [-0.15, -0.1) is 0 Å². The topological polar surface area (TPSA) is 93.7 Å². The fourth-order valence-electron chi connectivity index (χ4n) is 3.02. The predicted molar refractivity (Wildman–Crippen MR) is 114 cm³/mol. The van der Waals surface area contributed by atoms with Crippen molar-refractivity contribution in [1.29, 1.82) is 0 Å². The molecule has 1 aliphatic heterocycles. The monoisotopic (exact) mass is 424 g/mol. The van der Waals surface area contributed by atoms with Gasteiger partial charge in [0.25, 0.3) is 15.9 Å². The van der Waals surface area contributed by atoms with E-state index in [2.05, 4.69) is 10.0 Å². The molecule has 0 aliphatic carbocycles. The van der Waals surface area contributed by atoms with E-state index < -0.39 is 15.9 Å². The third kappa shape index (κ3) is 4.23. The van der Waals surface area contributed by atoms with Crippen LogP contribution in [0.15, 0.2) is 71.6 Å². The minimum absolute atomic E-state index is 0.000535. The van der Waals surface area contributed by atoms with E-state index >= 15 is 0 Å². The molecule has 0 bridgehead atoms.